The van der Waals surface area contributed by atoms with Crippen molar-refractivity contribution in [3.05, 3.63) is 23.2 Å². The van der Waals surface area contributed by atoms with Crippen molar-refractivity contribution in [2.24, 2.45) is 0 Å². The van der Waals surface area contributed by atoms with Gasteiger partial charge in [0.2, 0.25) is 0 Å². The van der Waals surface area contributed by atoms with Crippen molar-refractivity contribution in [2.45, 2.75) is 25.1 Å². The summed E-state index contributed by atoms with van der Waals surface area (Å²) in [4.78, 5) is 10.8. The summed E-state index contributed by atoms with van der Waals surface area (Å²) in [5.41, 5.74) is 1.01. The molecular weight excluding hydrogens is 242 g/mol. The largest absolute Gasteiger partial charge is 0.296 e. The van der Waals surface area contributed by atoms with Gasteiger partial charge in [0.05, 0.1) is 18.1 Å². The summed E-state index contributed by atoms with van der Waals surface area (Å²) in [6, 6.07) is 0. The fraction of sp³-hybridized carbons (Fsp3) is 0.636. The van der Waals surface area contributed by atoms with E-state index >= 15 is 0 Å². The number of hydrogen-bond donors (Lipinski definition) is 0. The lowest BCUT2D eigenvalue weighted by Crippen LogP contribution is -2.37. The van der Waals surface area contributed by atoms with Gasteiger partial charge in [-0.2, -0.15) is 11.8 Å². The Kier molecular flexibility index (Phi) is 4.44. The van der Waals surface area contributed by atoms with Crippen molar-refractivity contribution in [1.82, 2.24) is 14.9 Å². The standard InChI is InChI=1S/C11H16ClN3S/c1-2-10-8-15(3-4-16-10)7-9-5-14-11(12)6-13-9/h5-6,10H,2-4,7-8H2,1H3. The SMILES string of the molecule is CCC1CN(Cc2cnc(Cl)cn2)CCS1. The van der Waals surface area contributed by atoms with Crippen LogP contribution in [0.25, 0.3) is 0 Å². The summed E-state index contributed by atoms with van der Waals surface area (Å²) in [5.74, 6) is 1.22. The second-order valence-corrected chi connectivity index (χ2v) is 5.76. The molecule has 0 N–H and O–H groups in total. The van der Waals surface area contributed by atoms with Crippen LogP contribution in [0.2, 0.25) is 5.15 Å². The van der Waals surface area contributed by atoms with Gasteiger partial charge in [0.15, 0.2) is 0 Å². The third-order valence-corrected chi connectivity index (χ3v) is 4.30. The van der Waals surface area contributed by atoms with Crippen LogP contribution in [-0.2, 0) is 6.54 Å². The Hall–Kier alpha value is -0.320. The number of thioether (sulfide) groups is 1. The van der Waals surface area contributed by atoms with Crippen LogP contribution in [0.15, 0.2) is 12.4 Å². The van der Waals surface area contributed by atoms with E-state index in [-0.39, 0.29) is 0 Å². The van der Waals surface area contributed by atoms with Gasteiger partial charge in [-0.25, -0.2) is 4.98 Å². The number of halogens is 1. The van der Waals surface area contributed by atoms with Crippen LogP contribution in [0.3, 0.4) is 0 Å². The van der Waals surface area contributed by atoms with E-state index in [1.54, 1.807) is 12.4 Å². The monoisotopic (exact) mass is 257 g/mol. The molecule has 1 atom stereocenters. The van der Waals surface area contributed by atoms with Crippen molar-refractivity contribution < 1.29 is 0 Å². The smallest absolute Gasteiger partial charge is 0.147 e. The molecule has 0 spiro atoms. The summed E-state index contributed by atoms with van der Waals surface area (Å²) in [7, 11) is 0. The topological polar surface area (TPSA) is 29.0 Å². The van der Waals surface area contributed by atoms with Crippen molar-refractivity contribution in [3.8, 4) is 0 Å². The molecule has 0 amide bonds. The van der Waals surface area contributed by atoms with E-state index in [0.29, 0.717) is 5.15 Å². The molecule has 1 saturated heterocycles. The Bertz CT molecular complexity index is 331. The van der Waals surface area contributed by atoms with E-state index in [4.69, 9.17) is 11.6 Å². The van der Waals surface area contributed by atoms with Crippen LogP contribution in [0.4, 0.5) is 0 Å². The molecule has 2 rings (SSSR count). The van der Waals surface area contributed by atoms with E-state index in [2.05, 4.69) is 33.6 Å². The number of hydrogen-bond acceptors (Lipinski definition) is 4. The molecule has 1 aliphatic heterocycles. The van der Waals surface area contributed by atoms with E-state index in [1.807, 2.05) is 0 Å². The molecule has 88 valence electrons. The first-order valence-electron chi connectivity index (χ1n) is 5.58. The fourth-order valence-electron chi connectivity index (χ4n) is 1.82. The highest BCUT2D eigenvalue weighted by Gasteiger charge is 2.19. The van der Waals surface area contributed by atoms with E-state index in [9.17, 15) is 0 Å². The Morgan fingerprint density at radius 1 is 1.50 bits per heavy atom. The second-order valence-electron chi connectivity index (χ2n) is 3.97. The molecule has 0 aromatic carbocycles. The first-order valence-corrected chi connectivity index (χ1v) is 7.01. The minimum absolute atomic E-state index is 0.462. The maximum Gasteiger partial charge on any atom is 0.147 e. The number of aromatic nitrogens is 2. The molecule has 1 aromatic rings. The lowest BCUT2D eigenvalue weighted by molar-refractivity contribution is 0.269. The maximum absolute atomic E-state index is 5.71. The zero-order valence-corrected chi connectivity index (χ0v) is 11.0. The molecule has 1 fully saturated rings. The van der Waals surface area contributed by atoms with E-state index < -0.39 is 0 Å². The minimum Gasteiger partial charge on any atom is -0.296 e. The van der Waals surface area contributed by atoms with Crippen molar-refractivity contribution in [1.29, 1.82) is 0 Å². The second kappa shape index (κ2) is 5.84. The zero-order valence-electron chi connectivity index (χ0n) is 9.40. The lowest BCUT2D eigenvalue weighted by atomic mass is 10.3. The molecule has 2 heterocycles. The molecule has 0 saturated carbocycles. The average molecular weight is 258 g/mol. The Morgan fingerprint density at radius 2 is 2.38 bits per heavy atom. The first kappa shape index (κ1) is 12.1. The summed E-state index contributed by atoms with van der Waals surface area (Å²) in [6.07, 6.45) is 4.63. The van der Waals surface area contributed by atoms with Gasteiger partial charge in [0.1, 0.15) is 5.15 Å². The van der Waals surface area contributed by atoms with Gasteiger partial charge in [-0.3, -0.25) is 9.88 Å². The van der Waals surface area contributed by atoms with Crippen molar-refractivity contribution >= 4 is 23.4 Å². The number of nitrogens with zero attached hydrogens (tertiary/aromatic N) is 3. The highest BCUT2D eigenvalue weighted by molar-refractivity contribution is 8.00. The highest BCUT2D eigenvalue weighted by Crippen LogP contribution is 2.21. The third-order valence-electron chi connectivity index (χ3n) is 2.74. The summed E-state index contributed by atoms with van der Waals surface area (Å²) in [5, 5.41) is 1.23. The molecule has 5 heteroatoms. The van der Waals surface area contributed by atoms with Gasteiger partial charge in [-0.15, -0.1) is 0 Å². The summed E-state index contributed by atoms with van der Waals surface area (Å²) >= 11 is 7.79. The third kappa shape index (κ3) is 3.34. The van der Waals surface area contributed by atoms with Crippen LogP contribution >= 0.6 is 23.4 Å². The molecule has 3 nitrogen and oxygen atoms in total. The van der Waals surface area contributed by atoms with Gasteiger partial charge in [0, 0.05) is 30.6 Å². The molecule has 0 bridgehead atoms. The Morgan fingerprint density at radius 3 is 3.06 bits per heavy atom. The molecule has 0 aliphatic carbocycles. The van der Waals surface area contributed by atoms with E-state index in [1.165, 1.54) is 12.2 Å². The molecule has 0 radical (unpaired) electrons. The molecule has 1 aromatic heterocycles. The van der Waals surface area contributed by atoms with Crippen molar-refractivity contribution in [3.63, 3.8) is 0 Å². The average Bonchev–Trinajstić information content (AvgIpc) is 2.32. The highest BCUT2D eigenvalue weighted by atomic mass is 35.5. The van der Waals surface area contributed by atoms with Crippen LogP contribution in [-0.4, -0.2) is 39.0 Å². The Balaban J connectivity index is 1.91. The van der Waals surface area contributed by atoms with E-state index in [0.717, 1.165) is 30.6 Å². The fourth-order valence-corrected chi connectivity index (χ4v) is 3.17. The van der Waals surface area contributed by atoms with Gasteiger partial charge < -0.3 is 0 Å². The van der Waals surface area contributed by atoms with Crippen LogP contribution in [0.1, 0.15) is 19.0 Å². The van der Waals surface area contributed by atoms with Crippen LogP contribution < -0.4 is 0 Å². The summed E-state index contributed by atoms with van der Waals surface area (Å²) in [6.45, 7) is 5.45. The predicted octanol–water partition coefficient (Wildman–Crippen LogP) is 2.46. The predicted molar refractivity (Wildman–Crippen MR) is 68.9 cm³/mol. The quantitative estimate of drug-likeness (QED) is 0.832. The lowest BCUT2D eigenvalue weighted by Gasteiger charge is -2.31. The molecule has 16 heavy (non-hydrogen) atoms. The van der Waals surface area contributed by atoms with Gasteiger partial charge >= 0.3 is 0 Å². The molecule has 1 aliphatic rings. The van der Waals surface area contributed by atoms with Crippen LogP contribution in [0, 0.1) is 0 Å². The van der Waals surface area contributed by atoms with Gasteiger partial charge in [0.25, 0.3) is 0 Å². The summed E-state index contributed by atoms with van der Waals surface area (Å²) < 4.78 is 0. The van der Waals surface area contributed by atoms with Gasteiger partial charge in [-0.05, 0) is 6.42 Å². The Labute approximate surface area is 106 Å². The molecule has 1 unspecified atom stereocenters. The van der Waals surface area contributed by atoms with Crippen LogP contribution in [0.5, 0.6) is 0 Å². The molecular formula is C11H16ClN3S. The van der Waals surface area contributed by atoms with Crippen molar-refractivity contribution in [2.75, 3.05) is 18.8 Å². The maximum atomic E-state index is 5.71. The zero-order chi connectivity index (χ0) is 11.4. The first-order chi connectivity index (χ1) is 7.78. The van der Waals surface area contributed by atoms with Gasteiger partial charge in [-0.1, -0.05) is 18.5 Å². The minimum atomic E-state index is 0.462. The normalized spacial score (nSPS) is 22.2. The number of rotatable bonds is 3.